The fraction of sp³-hybridized carbons (Fsp3) is 0.921. The van der Waals surface area contributed by atoms with Gasteiger partial charge >= 0.3 is 5.97 Å². The van der Waals surface area contributed by atoms with Gasteiger partial charge in [-0.3, -0.25) is 0 Å². The molecule has 6 aliphatic rings. The van der Waals surface area contributed by atoms with Gasteiger partial charge in [-0.1, -0.05) is 65.2 Å². The number of unbranched alkanes of at least 4 members (excludes halogenated alkanes) is 6. The van der Waals surface area contributed by atoms with E-state index in [1.54, 1.807) is 6.92 Å². The lowest BCUT2D eigenvalue weighted by Gasteiger charge is -2.62. The van der Waals surface area contributed by atoms with Crippen LogP contribution in [0.15, 0.2) is 11.3 Å². The van der Waals surface area contributed by atoms with Crippen molar-refractivity contribution in [3.05, 3.63) is 11.3 Å². The Morgan fingerprint density at radius 1 is 0.750 bits per heavy atom. The van der Waals surface area contributed by atoms with E-state index >= 15 is 0 Å². The predicted molar refractivity (Wildman–Crippen MR) is 175 cm³/mol. The first kappa shape index (κ1) is 34.2. The summed E-state index contributed by atoms with van der Waals surface area (Å²) in [6.07, 6.45) is 25.6. The number of aliphatic carboxylic acids is 1. The second-order valence-electron chi connectivity index (χ2n) is 15.8. The molecular formula is C38H64O6. The lowest BCUT2D eigenvalue weighted by atomic mass is 9.47. The van der Waals surface area contributed by atoms with Crippen LogP contribution >= 0.6 is 0 Å². The third kappa shape index (κ3) is 8.05. The third-order valence-electron chi connectivity index (χ3n) is 12.2. The van der Waals surface area contributed by atoms with Gasteiger partial charge in [-0.15, -0.1) is 0 Å². The average Bonchev–Trinajstić information content (AvgIpc) is 2.94. The second-order valence-corrected chi connectivity index (χ2v) is 15.8. The van der Waals surface area contributed by atoms with Gasteiger partial charge in [-0.2, -0.15) is 0 Å². The third-order valence-corrected chi connectivity index (χ3v) is 12.2. The highest BCUT2D eigenvalue weighted by atomic mass is 16.5. The van der Waals surface area contributed by atoms with Crippen LogP contribution in [0, 0.1) is 17.3 Å². The van der Waals surface area contributed by atoms with E-state index in [-0.39, 0.29) is 22.2 Å². The summed E-state index contributed by atoms with van der Waals surface area (Å²) in [5.41, 5.74) is 0.515. The monoisotopic (exact) mass is 616 g/mol. The highest BCUT2D eigenvalue weighted by molar-refractivity contribution is 5.86. The average molecular weight is 617 g/mol. The molecule has 0 spiro atoms. The minimum atomic E-state index is -0.833. The number of carboxylic acid groups (broad SMARTS) is 1. The number of hydrogen-bond donors (Lipinski definition) is 1. The Hall–Kier alpha value is -1.11. The van der Waals surface area contributed by atoms with Gasteiger partial charge in [0.15, 0.2) is 0 Å². The Bertz CT molecular complexity index is 948. The molecule has 6 heteroatoms. The quantitative estimate of drug-likeness (QED) is 0.0742. The SMILES string of the molecule is CCCC1(CCCCCCOC(=C(C)C(=O)O)C23CC4CC(CC(OCCCCCCC5(CCC)CCO5)(C4)C2)C3)CCO1. The number of hydrogen-bond acceptors (Lipinski definition) is 5. The summed E-state index contributed by atoms with van der Waals surface area (Å²) in [7, 11) is 0. The molecule has 2 saturated heterocycles. The van der Waals surface area contributed by atoms with Crippen molar-refractivity contribution < 1.29 is 28.8 Å². The maximum atomic E-state index is 12.3. The first-order valence-corrected chi connectivity index (χ1v) is 18.8. The van der Waals surface area contributed by atoms with Crippen molar-refractivity contribution in [1.82, 2.24) is 0 Å². The molecule has 4 saturated carbocycles. The number of carbonyl (C=O) groups is 1. The van der Waals surface area contributed by atoms with E-state index in [0.717, 1.165) is 76.9 Å². The van der Waals surface area contributed by atoms with Gasteiger partial charge in [0, 0.05) is 12.0 Å². The summed E-state index contributed by atoms with van der Waals surface area (Å²) in [6.45, 7) is 9.61. The van der Waals surface area contributed by atoms with Crippen molar-refractivity contribution in [3.8, 4) is 0 Å². The summed E-state index contributed by atoms with van der Waals surface area (Å²) < 4.78 is 25.3. The predicted octanol–water partition coefficient (Wildman–Crippen LogP) is 9.54. The van der Waals surface area contributed by atoms with Crippen molar-refractivity contribution in [2.75, 3.05) is 26.4 Å². The van der Waals surface area contributed by atoms with Crippen LogP contribution in [0.1, 0.15) is 162 Å². The number of allylic oxidation sites excluding steroid dienone is 1. The van der Waals surface area contributed by atoms with E-state index in [9.17, 15) is 9.90 Å². The first-order valence-electron chi connectivity index (χ1n) is 18.8. The molecule has 0 amide bonds. The van der Waals surface area contributed by atoms with Crippen LogP contribution in [0.4, 0.5) is 0 Å². The summed E-state index contributed by atoms with van der Waals surface area (Å²) in [6, 6.07) is 0. The van der Waals surface area contributed by atoms with Gasteiger partial charge in [0.25, 0.3) is 0 Å². The Morgan fingerprint density at radius 3 is 1.75 bits per heavy atom. The zero-order chi connectivity index (χ0) is 31.1. The summed E-state index contributed by atoms with van der Waals surface area (Å²) in [4.78, 5) is 12.3. The molecule has 2 heterocycles. The smallest absolute Gasteiger partial charge is 0.334 e. The van der Waals surface area contributed by atoms with E-state index < -0.39 is 5.97 Å². The van der Waals surface area contributed by atoms with Gasteiger partial charge in [-0.05, 0) is 109 Å². The Kier molecular flexibility index (Phi) is 11.8. The van der Waals surface area contributed by atoms with Crippen molar-refractivity contribution >= 4 is 5.97 Å². The lowest BCUT2D eigenvalue weighted by molar-refractivity contribution is -0.193. The van der Waals surface area contributed by atoms with Gasteiger partial charge in [0.1, 0.15) is 5.76 Å². The van der Waals surface area contributed by atoms with E-state index in [0.29, 0.717) is 24.0 Å². The Balaban J connectivity index is 1.08. The van der Waals surface area contributed by atoms with Crippen LogP contribution in [0.3, 0.4) is 0 Å². The van der Waals surface area contributed by atoms with Crippen LogP contribution in [0.5, 0.6) is 0 Å². The molecule has 0 aromatic heterocycles. The van der Waals surface area contributed by atoms with Gasteiger partial charge < -0.3 is 24.1 Å². The van der Waals surface area contributed by atoms with Crippen molar-refractivity contribution in [3.63, 3.8) is 0 Å². The van der Waals surface area contributed by atoms with Crippen molar-refractivity contribution in [2.24, 2.45) is 17.3 Å². The highest BCUT2D eigenvalue weighted by Gasteiger charge is 2.60. The van der Waals surface area contributed by atoms with Crippen LogP contribution < -0.4 is 0 Å². The van der Waals surface area contributed by atoms with E-state index in [1.165, 1.54) is 89.9 Å². The molecule has 44 heavy (non-hydrogen) atoms. The number of rotatable bonds is 22. The molecule has 0 aromatic carbocycles. The summed E-state index contributed by atoms with van der Waals surface area (Å²) in [5, 5.41) is 10.1. The molecule has 4 bridgehead atoms. The fourth-order valence-corrected chi connectivity index (χ4v) is 10.4. The van der Waals surface area contributed by atoms with Crippen LogP contribution in [0.25, 0.3) is 0 Å². The summed E-state index contributed by atoms with van der Waals surface area (Å²) in [5.74, 6) is 1.20. The van der Waals surface area contributed by atoms with Gasteiger partial charge in [-0.25, -0.2) is 4.79 Å². The van der Waals surface area contributed by atoms with Crippen molar-refractivity contribution in [2.45, 2.75) is 179 Å². The first-order chi connectivity index (χ1) is 21.3. The molecule has 6 nitrogen and oxygen atoms in total. The van der Waals surface area contributed by atoms with E-state index in [4.69, 9.17) is 18.9 Å². The van der Waals surface area contributed by atoms with E-state index in [1.807, 2.05) is 0 Å². The lowest BCUT2D eigenvalue weighted by Crippen LogP contribution is -2.57. The van der Waals surface area contributed by atoms with Crippen LogP contribution in [0.2, 0.25) is 0 Å². The van der Waals surface area contributed by atoms with Crippen molar-refractivity contribution in [1.29, 1.82) is 0 Å². The second kappa shape index (κ2) is 15.2. The Labute approximate surface area is 268 Å². The molecule has 252 valence electrons. The molecule has 4 aliphatic carbocycles. The molecular weight excluding hydrogens is 552 g/mol. The minimum Gasteiger partial charge on any atom is -0.497 e. The zero-order valence-electron chi connectivity index (χ0n) is 28.5. The molecule has 0 aromatic rings. The molecule has 2 aliphatic heterocycles. The maximum absolute atomic E-state index is 12.3. The molecule has 6 rings (SSSR count). The normalized spacial score (nSPS) is 36.1. The molecule has 4 unspecified atom stereocenters. The molecule has 4 atom stereocenters. The number of carboxylic acids is 1. The largest absolute Gasteiger partial charge is 0.497 e. The Morgan fingerprint density at radius 2 is 1.27 bits per heavy atom. The topological polar surface area (TPSA) is 74.2 Å². The molecule has 0 radical (unpaired) electrons. The molecule has 6 fully saturated rings. The van der Waals surface area contributed by atoms with Crippen LogP contribution in [-0.4, -0.2) is 54.3 Å². The van der Waals surface area contributed by atoms with Crippen LogP contribution in [-0.2, 0) is 23.7 Å². The van der Waals surface area contributed by atoms with E-state index in [2.05, 4.69) is 13.8 Å². The summed E-state index contributed by atoms with van der Waals surface area (Å²) >= 11 is 0. The maximum Gasteiger partial charge on any atom is 0.334 e. The fourth-order valence-electron chi connectivity index (χ4n) is 10.4. The number of ether oxygens (including phenoxy) is 4. The standard InChI is InChI=1S/C38H64O6/c1-4-14-36(18-22-43-36)16-10-6-8-12-20-41-33(30(3)34(39)40)35-25-31-24-32(26-35)28-38(27-31,29-35)42-21-13-9-7-11-17-37(15-5-2)19-23-44-37/h31-32H,4-29H2,1-3H3,(H,39,40). The minimum absolute atomic E-state index is 0.0968. The van der Waals surface area contributed by atoms with Gasteiger partial charge in [0.05, 0.1) is 42.2 Å². The molecule has 1 N–H and O–H groups in total. The van der Waals surface area contributed by atoms with Gasteiger partial charge in [0.2, 0.25) is 0 Å². The highest BCUT2D eigenvalue weighted by Crippen LogP contribution is 2.65. The zero-order valence-corrected chi connectivity index (χ0v) is 28.5.